The molecule has 0 spiro atoms. The number of amides is 1. The van der Waals surface area contributed by atoms with Crippen LogP contribution >= 0.6 is 0 Å². The second-order valence-electron chi connectivity index (χ2n) is 8.30. The average Bonchev–Trinajstić information content (AvgIpc) is 2.69. The number of carbonyl (C=O) groups is 1. The highest BCUT2D eigenvalue weighted by Crippen LogP contribution is 2.33. The lowest BCUT2D eigenvalue weighted by Gasteiger charge is -2.26. The summed E-state index contributed by atoms with van der Waals surface area (Å²) in [6, 6.07) is 15.1. The van der Waals surface area contributed by atoms with E-state index in [1.165, 1.54) is 32.1 Å². The standard InChI is InChI=1S/C24H31NO3/c1-24(2,20-10-14-22(26)15-11-20)19-8-12-21(13-9-19)25-23(27)28-17-16-18-6-4-3-5-7-18/h8-15,18,26H,3-7,16-17H2,1-2H3,(H,25,27). The van der Waals surface area contributed by atoms with Crippen molar-refractivity contribution < 1.29 is 14.6 Å². The van der Waals surface area contributed by atoms with E-state index in [4.69, 9.17) is 4.74 Å². The van der Waals surface area contributed by atoms with Gasteiger partial charge in [-0.25, -0.2) is 4.79 Å². The van der Waals surface area contributed by atoms with Gasteiger partial charge in [0.1, 0.15) is 5.75 Å². The van der Waals surface area contributed by atoms with E-state index >= 15 is 0 Å². The van der Waals surface area contributed by atoms with Gasteiger partial charge in [-0.05, 0) is 47.7 Å². The summed E-state index contributed by atoms with van der Waals surface area (Å²) in [7, 11) is 0. The van der Waals surface area contributed by atoms with Crippen LogP contribution < -0.4 is 5.32 Å². The summed E-state index contributed by atoms with van der Waals surface area (Å²) in [5.74, 6) is 0.976. The maximum Gasteiger partial charge on any atom is 0.411 e. The Hall–Kier alpha value is -2.49. The molecule has 0 heterocycles. The Kier molecular flexibility index (Phi) is 6.61. The summed E-state index contributed by atoms with van der Waals surface area (Å²) in [5.41, 5.74) is 2.78. The predicted molar refractivity (Wildman–Crippen MR) is 113 cm³/mol. The van der Waals surface area contributed by atoms with Gasteiger partial charge < -0.3 is 9.84 Å². The summed E-state index contributed by atoms with van der Waals surface area (Å²) in [4.78, 5) is 12.0. The van der Waals surface area contributed by atoms with Gasteiger partial charge in [0.15, 0.2) is 0 Å². The zero-order chi connectivity index (χ0) is 20.0. The van der Waals surface area contributed by atoms with Crippen LogP contribution in [0.1, 0.15) is 63.5 Å². The molecule has 150 valence electrons. The molecular formula is C24H31NO3. The monoisotopic (exact) mass is 381 g/mol. The van der Waals surface area contributed by atoms with E-state index in [1.54, 1.807) is 12.1 Å². The Morgan fingerprint density at radius 2 is 1.57 bits per heavy atom. The van der Waals surface area contributed by atoms with Gasteiger partial charge in [0.25, 0.3) is 0 Å². The summed E-state index contributed by atoms with van der Waals surface area (Å²) in [6.07, 6.45) is 7.08. The molecule has 0 aliphatic heterocycles. The molecule has 1 aliphatic rings. The molecule has 0 aromatic heterocycles. The summed E-state index contributed by atoms with van der Waals surface area (Å²) in [5, 5.41) is 12.3. The highest BCUT2D eigenvalue weighted by molar-refractivity contribution is 5.84. The fourth-order valence-corrected chi connectivity index (χ4v) is 3.96. The Bertz CT molecular complexity index is 759. The highest BCUT2D eigenvalue weighted by Gasteiger charge is 2.23. The van der Waals surface area contributed by atoms with Crippen LogP contribution in [0.3, 0.4) is 0 Å². The minimum absolute atomic E-state index is 0.202. The van der Waals surface area contributed by atoms with Crippen LogP contribution in [0.2, 0.25) is 0 Å². The van der Waals surface area contributed by atoms with Crippen LogP contribution in [0.25, 0.3) is 0 Å². The molecule has 4 nitrogen and oxygen atoms in total. The van der Waals surface area contributed by atoms with Crippen molar-refractivity contribution in [2.75, 3.05) is 11.9 Å². The van der Waals surface area contributed by atoms with Gasteiger partial charge in [0.05, 0.1) is 6.61 Å². The molecule has 2 N–H and O–H groups in total. The first-order valence-corrected chi connectivity index (χ1v) is 10.3. The number of aromatic hydroxyl groups is 1. The van der Waals surface area contributed by atoms with Crippen LogP contribution in [0.15, 0.2) is 48.5 Å². The normalized spacial score (nSPS) is 15.2. The molecule has 4 heteroatoms. The fourth-order valence-electron chi connectivity index (χ4n) is 3.96. The predicted octanol–water partition coefficient (Wildman–Crippen LogP) is 6.24. The van der Waals surface area contributed by atoms with Gasteiger partial charge in [0, 0.05) is 11.1 Å². The largest absolute Gasteiger partial charge is 0.508 e. The van der Waals surface area contributed by atoms with Gasteiger partial charge in [-0.2, -0.15) is 0 Å². The number of phenols is 1. The Labute approximate surface area is 167 Å². The number of phenolic OH excluding ortho intramolecular Hbond substituents is 1. The van der Waals surface area contributed by atoms with Gasteiger partial charge >= 0.3 is 6.09 Å². The molecule has 2 aromatic rings. The van der Waals surface area contributed by atoms with Crippen molar-refractivity contribution in [1.29, 1.82) is 0 Å². The lowest BCUT2D eigenvalue weighted by Crippen LogP contribution is -2.19. The number of hydrogen-bond donors (Lipinski definition) is 2. The molecule has 0 unspecified atom stereocenters. The van der Waals surface area contributed by atoms with Crippen molar-refractivity contribution in [3.05, 3.63) is 59.7 Å². The zero-order valence-corrected chi connectivity index (χ0v) is 16.9. The minimum Gasteiger partial charge on any atom is -0.508 e. The third kappa shape index (κ3) is 5.28. The van der Waals surface area contributed by atoms with Crippen molar-refractivity contribution in [1.82, 2.24) is 0 Å². The average molecular weight is 382 g/mol. The van der Waals surface area contributed by atoms with Gasteiger partial charge in [-0.3, -0.25) is 5.32 Å². The highest BCUT2D eigenvalue weighted by atomic mass is 16.5. The first kappa shape index (κ1) is 20.2. The molecule has 0 saturated heterocycles. The third-order valence-corrected chi connectivity index (χ3v) is 5.93. The second-order valence-corrected chi connectivity index (χ2v) is 8.30. The van der Waals surface area contributed by atoms with E-state index in [0.29, 0.717) is 12.5 Å². The number of nitrogens with one attached hydrogen (secondary N) is 1. The third-order valence-electron chi connectivity index (χ3n) is 5.93. The number of rotatable bonds is 6. The number of ether oxygens (including phenoxy) is 1. The number of benzene rings is 2. The second kappa shape index (κ2) is 9.13. The quantitative estimate of drug-likeness (QED) is 0.623. The molecule has 28 heavy (non-hydrogen) atoms. The summed E-state index contributed by atoms with van der Waals surface area (Å²) < 4.78 is 5.35. The van der Waals surface area contributed by atoms with Crippen molar-refractivity contribution in [3.63, 3.8) is 0 Å². The van der Waals surface area contributed by atoms with E-state index in [0.717, 1.165) is 23.2 Å². The molecule has 1 amide bonds. The van der Waals surface area contributed by atoms with Crippen molar-refractivity contribution in [2.24, 2.45) is 5.92 Å². The Morgan fingerprint density at radius 1 is 1.00 bits per heavy atom. The van der Waals surface area contributed by atoms with Crippen LogP contribution in [0.5, 0.6) is 5.75 Å². The SMILES string of the molecule is CC(C)(c1ccc(O)cc1)c1ccc(NC(=O)OCCC2CCCCC2)cc1. The van der Waals surface area contributed by atoms with E-state index in [2.05, 4.69) is 19.2 Å². The van der Waals surface area contributed by atoms with Gasteiger partial charge in [0.2, 0.25) is 0 Å². The van der Waals surface area contributed by atoms with E-state index in [1.807, 2.05) is 36.4 Å². The molecule has 0 atom stereocenters. The minimum atomic E-state index is -0.388. The Balaban J connectivity index is 1.52. The lowest BCUT2D eigenvalue weighted by molar-refractivity contribution is 0.148. The molecule has 1 aliphatic carbocycles. The van der Waals surface area contributed by atoms with Gasteiger partial charge in [-0.1, -0.05) is 70.2 Å². The molecular weight excluding hydrogens is 350 g/mol. The number of anilines is 1. The topological polar surface area (TPSA) is 58.6 Å². The zero-order valence-electron chi connectivity index (χ0n) is 16.9. The first-order valence-electron chi connectivity index (χ1n) is 10.3. The molecule has 3 rings (SSSR count). The van der Waals surface area contributed by atoms with Crippen molar-refractivity contribution in [2.45, 2.75) is 57.8 Å². The summed E-state index contributed by atoms with van der Waals surface area (Å²) in [6.45, 7) is 4.77. The number of carbonyl (C=O) groups excluding carboxylic acids is 1. The van der Waals surface area contributed by atoms with E-state index in [-0.39, 0.29) is 17.3 Å². The first-order chi connectivity index (χ1) is 13.4. The van der Waals surface area contributed by atoms with E-state index in [9.17, 15) is 9.90 Å². The van der Waals surface area contributed by atoms with Crippen LogP contribution in [0.4, 0.5) is 10.5 Å². The van der Waals surface area contributed by atoms with Crippen LogP contribution in [-0.4, -0.2) is 17.8 Å². The summed E-state index contributed by atoms with van der Waals surface area (Å²) >= 11 is 0. The maximum absolute atomic E-state index is 12.0. The Morgan fingerprint density at radius 3 is 2.18 bits per heavy atom. The van der Waals surface area contributed by atoms with Crippen molar-refractivity contribution in [3.8, 4) is 5.75 Å². The van der Waals surface area contributed by atoms with Gasteiger partial charge in [-0.15, -0.1) is 0 Å². The van der Waals surface area contributed by atoms with E-state index < -0.39 is 0 Å². The fraction of sp³-hybridized carbons (Fsp3) is 0.458. The molecule has 0 radical (unpaired) electrons. The number of hydrogen-bond acceptors (Lipinski definition) is 3. The molecule has 1 saturated carbocycles. The molecule has 2 aromatic carbocycles. The maximum atomic E-state index is 12.0. The van der Waals surface area contributed by atoms with Crippen LogP contribution in [0, 0.1) is 5.92 Å². The lowest BCUT2D eigenvalue weighted by atomic mass is 9.78. The van der Waals surface area contributed by atoms with Crippen LogP contribution in [-0.2, 0) is 10.2 Å². The molecule has 0 bridgehead atoms. The smallest absolute Gasteiger partial charge is 0.411 e. The molecule has 1 fully saturated rings. The van der Waals surface area contributed by atoms with Crippen molar-refractivity contribution >= 4 is 11.8 Å².